The lowest BCUT2D eigenvalue weighted by molar-refractivity contribution is 0.251. The molecule has 2 nitrogen and oxygen atoms in total. The van der Waals surface area contributed by atoms with Gasteiger partial charge in [-0.3, -0.25) is 0 Å². The van der Waals surface area contributed by atoms with Crippen molar-refractivity contribution in [1.82, 2.24) is 0 Å². The second-order valence-corrected chi connectivity index (χ2v) is 7.83. The standard InChI is InChI=1S/C27H37NO/c1-6-8-10-23(24-14-16-26(28-5)17-15-24)12-13-25-19-27(18-11-22(25)4)29-20-21(3)9-7-2/h10-19,21,28H,6-9,20H2,1-5H3/b13-12-,23-10-. The minimum absolute atomic E-state index is 0.587. The van der Waals surface area contributed by atoms with Gasteiger partial charge in [0.2, 0.25) is 0 Å². The molecule has 1 N–H and O–H groups in total. The number of nitrogens with one attached hydrogen (secondary N) is 1. The van der Waals surface area contributed by atoms with Crippen LogP contribution in [0.15, 0.2) is 54.6 Å². The Morgan fingerprint density at radius 1 is 1.07 bits per heavy atom. The lowest BCUT2D eigenvalue weighted by Crippen LogP contribution is -2.08. The van der Waals surface area contributed by atoms with Crippen molar-refractivity contribution in [2.24, 2.45) is 5.92 Å². The third-order valence-corrected chi connectivity index (χ3v) is 5.17. The summed E-state index contributed by atoms with van der Waals surface area (Å²) in [5.41, 5.74) is 6.10. The summed E-state index contributed by atoms with van der Waals surface area (Å²) in [4.78, 5) is 0. The van der Waals surface area contributed by atoms with Gasteiger partial charge in [-0.1, -0.05) is 70.0 Å². The molecule has 0 aliphatic heterocycles. The summed E-state index contributed by atoms with van der Waals surface area (Å²) in [5, 5.41) is 3.18. The van der Waals surface area contributed by atoms with Gasteiger partial charge in [0.25, 0.3) is 0 Å². The van der Waals surface area contributed by atoms with Crippen LogP contribution in [0.1, 0.15) is 63.1 Å². The maximum absolute atomic E-state index is 6.04. The first kappa shape index (κ1) is 22.8. The van der Waals surface area contributed by atoms with Gasteiger partial charge in [0, 0.05) is 12.7 Å². The van der Waals surface area contributed by atoms with Gasteiger partial charge in [0.05, 0.1) is 6.61 Å². The van der Waals surface area contributed by atoms with Crippen molar-refractivity contribution in [2.75, 3.05) is 19.0 Å². The maximum atomic E-state index is 6.04. The van der Waals surface area contributed by atoms with E-state index in [0.29, 0.717) is 5.92 Å². The summed E-state index contributed by atoms with van der Waals surface area (Å²) in [5.74, 6) is 1.54. The number of aryl methyl sites for hydroxylation is 1. The normalized spacial score (nSPS) is 12.9. The number of unbranched alkanes of at least 4 members (excludes halogenated alkanes) is 1. The van der Waals surface area contributed by atoms with E-state index in [0.717, 1.165) is 30.9 Å². The number of allylic oxidation sites excluding steroid dienone is 3. The van der Waals surface area contributed by atoms with Crippen molar-refractivity contribution in [2.45, 2.75) is 53.4 Å². The Bertz CT molecular complexity index is 802. The number of ether oxygens (including phenoxy) is 1. The van der Waals surface area contributed by atoms with E-state index in [1.54, 1.807) is 0 Å². The Labute approximate surface area is 177 Å². The zero-order valence-electron chi connectivity index (χ0n) is 18.8. The van der Waals surface area contributed by atoms with E-state index >= 15 is 0 Å². The highest BCUT2D eigenvalue weighted by molar-refractivity contribution is 5.80. The van der Waals surface area contributed by atoms with Crippen molar-refractivity contribution < 1.29 is 4.74 Å². The fourth-order valence-corrected chi connectivity index (χ4v) is 3.29. The molecule has 1 atom stereocenters. The van der Waals surface area contributed by atoms with Crippen LogP contribution in [0.5, 0.6) is 5.75 Å². The fourth-order valence-electron chi connectivity index (χ4n) is 3.29. The zero-order valence-corrected chi connectivity index (χ0v) is 18.8. The Balaban J connectivity index is 2.19. The monoisotopic (exact) mass is 391 g/mol. The van der Waals surface area contributed by atoms with Gasteiger partial charge < -0.3 is 10.1 Å². The summed E-state index contributed by atoms with van der Waals surface area (Å²) >= 11 is 0. The number of anilines is 1. The SMILES string of the molecule is CCC/C=C(/C=C\c1cc(OCC(C)CCC)ccc1C)c1ccc(NC)cc1. The molecule has 0 amide bonds. The molecule has 0 spiro atoms. The van der Waals surface area contributed by atoms with Crippen LogP contribution < -0.4 is 10.1 Å². The van der Waals surface area contributed by atoms with Gasteiger partial charge in [0.15, 0.2) is 0 Å². The Morgan fingerprint density at radius 2 is 1.83 bits per heavy atom. The molecule has 0 fully saturated rings. The molecule has 1 unspecified atom stereocenters. The molecule has 2 rings (SSSR count). The molecule has 2 aromatic carbocycles. The van der Waals surface area contributed by atoms with E-state index in [-0.39, 0.29) is 0 Å². The van der Waals surface area contributed by atoms with Gasteiger partial charge in [-0.15, -0.1) is 0 Å². The molecule has 0 bridgehead atoms. The molecule has 0 radical (unpaired) electrons. The highest BCUT2D eigenvalue weighted by Gasteiger charge is 2.04. The molecule has 2 aromatic rings. The largest absolute Gasteiger partial charge is 0.493 e. The van der Waals surface area contributed by atoms with Crippen LogP contribution in [0.3, 0.4) is 0 Å². The lowest BCUT2D eigenvalue weighted by atomic mass is 10.0. The summed E-state index contributed by atoms with van der Waals surface area (Å²) in [6, 6.07) is 15.0. The van der Waals surface area contributed by atoms with Crippen LogP contribution in [0, 0.1) is 12.8 Å². The second-order valence-electron chi connectivity index (χ2n) is 7.83. The van der Waals surface area contributed by atoms with Gasteiger partial charge in [-0.2, -0.15) is 0 Å². The van der Waals surface area contributed by atoms with Crippen molar-refractivity contribution >= 4 is 17.3 Å². The summed E-state index contributed by atoms with van der Waals surface area (Å²) < 4.78 is 6.04. The van der Waals surface area contributed by atoms with Crippen LogP contribution >= 0.6 is 0 Å². The summed E-state index contributed by atoms with van der Waals surface area (Å²) in [6.07, 6.45) is 11.4. The van der Waals surface area contributed by atoms with Gasteiger partial charge in [-0.25, -0.2) is 0 Å². The van der Waals surface area contributed by atoms with E-state index in [4.69, 9.17) is 4.74 Å². The average Bonchev–Trinajstić information content (AvgIpc) is 2.74. The third kappa shape index (κ3) is 7.45. The number of hydrogen-bond donors (Lipinski definition) is 1. The van der Waals surface area contributed by atoms with E-state index in [9.17, 15) is 0 Å². The van der Waals surface area contributed by atoms with Crippen molar-refractivity contribution in [3.05, 3.63) is 71.3 Å². The second kappa shape index (κ2) is 12.2. The first-order chi connectivity index (χ1) is 14.1. The van der Waals surface area contributed by atoms with Crippen molar-refractivity contribution in [1.29, 1.82) is 0 Å². The van der Waals surface area contributed by atoms with Gasteiger partial charge in [0.1, 0.15) is 5.75 Å². The maximum Gasteiger partial charge on any atom is 0.119 e. The molecule has 0 saturated carbocycles. The molecular weight excluding hydrogens is 354 g/mol. The Hall–Kier alpha value is -2.48. The first-order valence-corrected chi connectivity index (χ1v) is 11.0. The third-order valence-electron chi connectivity index (χ3n) is 5.17. The van der Waals surface area contributed by atoms with Crippen LogP contribution in [-0.4, -0.2) is 13.7 Å². The van der Waals surface area contributed by atoms with E-state index in [2.05, 4.69) is 93.7 Å². The molecule has 0 aliphatic rings. The number of hydrogen-bond acceptors (Lipinski definition) is 2. The Kier molecular flexibility index (Phi) is 9.56. The van der Waals surface area contributed by atoms with Gasteiger partial charge in [-0.05, 0) is 72.2 Å². The fraction of sp³-hybridized carbons (Fsp3) is 0.407. The predicted molar refractivity (Wildman–Crippen MR) is 129 cm³/mol. The molecule has 0 aromatic heterocycles. The van der Waals surface area contributed by atoms with E-state index < -0.39 is 0 Å². The quantitative estimate of drug-likeness (QED) is 0.395. The summed E-state index contributed by atoms with van der Waals surface area (Å²) in [7, 11) is 1.95. The molecular formula is C27H37NO. The van der Waals surface area contributed by atoms with E-state index in [1.807, 2.05) is 7.05 Å². The minimum Gasteiger partial charge on any atom is -0.493 e. The molecule has 2 heteroatoms. The lowest BCUT2D eigenvalue weighted by Gasteiger charge is -2.13. The highest BCUT2D eigenvalue weighted by atomic mass is 16.5. The van der Waals surface area contributed by atoms with Gasteiger partial charge >= 0.3 is 0 Å². The average molecular weight is 392 g/mol. The van der Waals surface area contributed by atoms with Crippen LogP contribution in [0.2, 0.25) is 0 Å². The predicted octanol–water partition coefficient (Wildman–Crippen LogP) is 7.75. The highest BCUT2D eigenvalue weighted by Crippen LogP contribution is 2.24. The first-order valence-electron chi connectivity index (χ1n) is 11.0. The smallest absolute Gasteiger partial charge is 0.119 e. The van der Waals surface area contributed by atoms with Crippen molar-refractivity contribution in [3.63, 3.8) is 0 Å². The number of benzene rings is 2. The summed E-state index contributed by atoms with van der Waals surface area (Å²) in [6.45, 7) is 9.62. The Morgan fingerprint density at radius 3 is 2.48 bits per heavy atom. The molecule has 0 heterocycles. The van der Waals surface area contributed by atoms with Crippen LogP contribution in [0.25, 0.3) is 11.6 Å². The molecule has 156 valence electrons. The molecule has 0 aliphatic carbocycles. The minimum atomic E-state index is 0.587. The topological polar surface area (TPSA) is 21.3 Å². The number of rotatable bonds is 11. The van der Waals surface area contributed by atoms with Crippen LogP contribution in [-0.2, 0) is 0 Å². The zero-order chi connectivity index (χ0) is 21.1. The van der Waals surface area contributed by atoms with E-state index in [1.165, 1.54) is 35.1 Å². The molecule has 29 heavy (non-hydrogen) atoms. The molecule has 0 saturated heterocycles. The van der Waals surface area contributed by atoms with Crippen LogP contribution in [0.4, 0.5) is 5.69 Å². The van der Waals surface area contributed by atoms with Crippen molar-refractivity contribution in [3.8, 4) is 5.75 Å².